The molecule has 0 saturated heterocycles. The molecule has 0 aliphatic heterocycles. The number of benzene rings is 1. The highest BCUT2D eigenvalue weighted by atomic mass is 35.5. The number of rotatable bonds is 3. The minimum Gasteiger partial charge on any atom is -0.220 e. The molecule has 17 heavy (non-hydrogen) atoms. The molecule has 0 aliphatic carbocycles. The Kier molecular flexibility index (Phi) is 3.69. The SMILES string of the molecule is CCC(C)c1ccc(-c2nncnc2Cl)cc1. The average molecular weight is 248 g/mol. The maximum atomic E-state index is 5.97. The van der Waals surface area contributed by atoms with Gasteiger partial charge in [0, 0.05) is 5.56 Å². The maximum Gasteiger partial charge on any atom is 0.159 e. The fraction of sp³-hybridized carbons (Fsp3) is 0.308. The molecule has 1 atom stereocenters. The van der Waals surface area contributed by atoms with Crippen LogP contribution in [0.25, 0.3) is 11.3 Å². The van der Waals surface area contributed by atoms with Crippen LogP contribution in [-0.2, 0) is 0 Å². The van der Waals surface area contributed by atoms with E-state index in [-0.39, 0.29) is 0 Å². The first kappa shape index (κ1) is 12.0. The summed E-state index contributed by atoms with van der Waals surface area (Å²) in [5.41, 5.74) is 2.90. The molecular formula is C13H14ClN3. The lowest BCUT2D eigenvalue weighted by molar-refractivity contribution is 0.734. The van der Waals surface area contributed by atoms with Gasteiger partial charge in [0.2, 0.25) is 0 Å². The number of nitrogens with zero attached hydrogens (tertiary/aromatic N) is 3. The summed E-state index contributed by atoms with van der Waals surface area (Å²) in [7, 11) is 0. The first-order valence-corrected chi connectivity index (χ1v) is 6.03. The molecule has 0 spiro atoms. The Bertz CT molecular complexity index is 496. The third-order valence-corrected chi connectivity index (χ3v) is 3.22. The zero-order valence-electron chi connectivity index (χ0n) is 9.89. The quantitative estimate of drug-likeness (QED) is 0.830. The molecule has 3 nitrogen and oxygen atoms in total. The van der Waals surface area contributed by atoms with Gasteiger partial charge in [-0.25, -0.2) is 4.98 Å². The van der Waals surface area contributed by atoms with Gasteiger partial charge in [-0.2, -0.15) is 0 Å². The third kappa shape index (κ3) is 2.61. The van der Waals surface area contributed by atoms with Crippen LogP contribution < -0.4 is 0 Å². The number of hydrogen-bond acceptors (Lipinski definition) is 3. The van der Waals surface area contributed by atoms with Crippen molar-refractivity contribution in [3.63, 3.8) is 0 Å². The topological polar surface area (TPSA) is 38.7 Å². The fourth-order valence-electron chi connectivity index (χ4n) is 1.64. The second-order valence-corrected chi connectivity index (χ2v) is 4.39. The Balaban J connectivity index is 2.33. The van der Waals surface area contributed by atoms with Crippen molar-refractivity contribution in [3.05, 3.63) is 41.3 Å². The molecule has 4 heteroatoms. The average Bonchev–Trinajstić information content (AvgIpc) is 2.39. The van der Waals surface area contributed by atoms with E-state index in [1.54, 1.807) is 0 Å². The minimum absolute atomic E-state index is 0.385. The van der Waals surface area contributed by atoms with Crippen LogP contribution in [0.3, 0.4) is 0 Å². The lowest BCUT2D eigenvalue weighted by Gasteiger charge is -2.09. The first-order valence-electron chi connectivity index (χ1n) is 5.66. The van der Waals surface area contributed by atoms with E-state index in [1.165, 1.54) is 11.9 Å². The van der Waals surface area contributed by atoms with E-state index in [0.29, 0.717) is 16.8 Å². The van der Waals surface area contributed by atoms with Crippen LogP contribution in [0.4, 0.5) is 0 Å². The molecule has 88 valence electrons. The van der Waals surface area contributed by atoms with Crippen molar-refractivity contribution >= 4 is 11.6 Å². The molecule has 0 radical (unpaired) electrons. The van der Waals surface area contributed by atoms with Gasteiger partial charge in [0.05, 0.1) is 0 Å². The normalized spacial score (nSPS) is 12.4. The van der Waals surface area contributed by atoms with Crippen molar-refractivity contribution in [3.8, 4) is 11.3 Å². The minimum atomic E-state index is 0.385. The smallest absolute Gasteiger partial charge is 0.159 e. The van der Waals surface area contributed by atoms with Crippen LogP contribution in [0.2, 0.25) is 5.15 Å². The van der Waals surface area contributed by atoms with Crippen LogP contribution >= 0.6 is 11.6 Å². The zero-order chi connectivity index (χ0) is 12.3. The molecule has 2 aromatic rings. The van der Waals surface area contributed by atoms with Gasteiger partial charge in [-0.3, -0.25) is 0 Å². The van der Waals surface area contributed by atoms with E-state index < -0.39 is 0 Å². The van der Waals surface area contributed by atoms with Crippen molar-refractivity contribution in [1.29, 1.82) is 0 Å². The number of hydrogen-bond donors (Lipinski definition) is 0. The first-order chi connectivity index (χ1) is 8.22. The Morgan fingerprint density at radius 3 is 2.53 bits per heavy atom. The molecule has 0 saturated carbocycles. The molecule has 1 heterocycles. The molecule has 1 aromatic carbocycles. The number of aromatic nitrogens is 3. The van der Waals surface area contributed by atoms with Crippen molar-refractivity contribution in [2.45, 2.75) is 26.2 Å². The fourth-order valence-corrected chi connectivity index (χ4v) is 1.84. The Morgan fingerprint density at radius 1 is 1.24 bits per heavy atom. The van der Waals surface area contributed by atoms with Gasteiger partial charge < -0.3 is 0 Å². The van der Waals surface area contributed by atoms with E-state index in [9.17, 15) is 0 Å². The van der Waals surface area contributed by atoms with Crippen LogP contribution in [-0.4, -0.2) is 15.2 Å². The summed E-state index contributed by atoms with van der Waals surface area (Å²) in [6.45, 7) is 4.40. The van der Waals surface area contributed by atoms with Gasteiger partial charge >= 0.3 is 0 Å². The van der Waals surface area contributed by atoms with Crippen LogP contribution in [0.5, 0.6) is 0 Å². The summed E-state index contributed by atoms with van der Waals surface area (Å²) >= 11 is 5.97. The molecule has 0 bridgehead atoms. The van der Waals surface area contributed by atoms with E-state index in [2.05, 4.69) is 41.2 Å². The lowest BCUT2D eigenvalue weighted by Crippen LogP contribution is -1.93. The molecule has 1 aromatic heterocycles. The summed E-state index contributed by atoms with van der Waals surface area (Å²) in [4.78, 5) is 3.92. The summed E-state index contributed by atoms with van der Waals surface area (Å²) < 4.78 is 0. The van der Waals surface area contributed by atoms with Gasteiger partial charge in [-0.15, -0.1) is 10.2 Å². The van der Waals surface area contributed by atoms with E-state index in [4.69, 9.17) is 11.6 Å². The van der Waals surface area contributed by atoms with E-state index >= 15 is 0 Å². The highest BCUT2D eigenvalue weighted by Crippen LogP contribution is 2.25. The van der Waals surface area contributed by atoms with Crippen molar-refractivity contribution < 1.29 is 0 Å². The maximum absolute atomic E-state index is 5.97. The predicted octanol–water partition coefficient (Wildman–Crippen LogP) is 3.71. The van der Waals surface area contributed by atoms with Crippen LogP contribution in [0.15, 0.2) is 30.6 Å². The standard InChI is InChI=1S/C13H14ClN3/c1-3-9(2)10-4-6-11(7-5-10)12-13(14)15-8-16-17-12/h4-9H,3H2,1-2H3. The van der Waals surface area contributed by atoms with Gasteiger partial charge in [-0.05, 0) is 17.9 Å². The van der Waals surface area contributed by atoms with Gasteiger partial charge in [0.25, 0.3) is 0 Å². The molecule has 0 amide bonds. The van der Waals surface area contributed by atoms with Crippen molar-refractivity contribution in [2.24, 2.45) is 0 Å². The van der Waals surface area contributed by atoms with E-state index in [1.807, 2.05) is 12.1 Å². The highest BCUT2D eigenvalue weighted by Gasteiger charge is 2.08. The van der Waals surface area contributed by atoms with Gasteiger partial charge in [0.1, 0.15) is 12.0 Å². The van der Waals surface area contributed by atoms with Crippen LogP contribution in [0, 0.1) is 0 Å². The second-order valence-electron chi connectivity index (χ2n) is 4.03. The largest absolute Gasteiger partial charge is 0.220 e. The Morgan fingerprint density at radius 2 is 1.94 bits per heavy atom. The van der Waals surface area contributed by atoms with Crippen molar-refractivity contribution in [1.82, 2.24) is 15.2 Å². The monoisotopic (exact) mass is 247 g/mol. The lowest BCUT2D eigenvalue weighted by atomic mass is 9.97. The Hall–Kier alpha value is -1.48. The molecular weight excluding hydrogens is 234 g/mol. The summed E-state index contributed by atoms with van der Waals surface area (Å²) in [5, 5.41) is 8.13. The van der Waals surface area contributed by atoms with Crippen molar-refractivity contribution in [2.75, 3.05) is 0 Å². The predicted molar refractivity (Wildman–Crippen MR) is 69.0 cm³/mol. The van der Waals surface area contributed by atoms with Crippen LogP contribution in [0.1, 0.15) is 31.7 Å². The van der Waals surface area contributed by atoms with E-state index in [0.717, 1.165) is 12.0 Å². The Labute approximate surface area is 106 Å². The summed E-state index contributed by atoms with van der Waals surface area (Å²) in [5.74, 6) is 0.569. The summed E-state index contributed by atoms with van der Waals surface area (Å²) in [6, 6.07) is 8.24. The second kappa shape index (κ2) is 5.23. The van der Waals surface area contributed by atoms with Gasteiger partial charge in [0.15, 0.2) is 5.15 Å². The molecule has 0 fully saturated rings. The summed E-state index contributed by atoms with van der Waals surface area (Å²) in [6.07, 6.45) is 2.48. The van der Waals surface area contributed by atoms with Gasteiger partial charge in [-0.1, -0.05) is 49.7 Å². The molecule has 2 rings (SSSR count). The zero-order valence-corrected chi connectivity index (χ0v) is 10.6. The molecule has 1 unspecified atom stereocenters. The third-order valence-electron chi connectivity index (χ3n) is 2.94. The molecule has 0 N–H and O–H groups in total. The highest BCUT2D eigenvalue weighted by molar-refractivity contribution is 6.31. The number of halogens is 1. The molecule has 0 aliphatic rings.